The fourth-order valence-corrected chi connectivity index (χ4v) is 1.79. The molecule has 0 aromatic carbocycles. The largest absolute Gasteiger partial charge is 0.320 e. The SMILES string of the molecule is CNCCCC(=O)C1CCNCC1. The van der Waals surface area contributed by atoms with E-state index in [1.54, 1.807) is 0 Å². The van der Waals surface area contributed by atoms with Gasteiger partial charge in [-0.05, 0) is 45.9 Å². The molecule has 0 unspecified atom stereocenters. The van der Waals surface area contributed by atoms with E-state index in [2.05, 4.69) is 10.6 Å². The fraction of sp³-hybridized carbons (Fsp3) is 0.900. The highest BCUT2D eigenvalue weighted by Crippen LogP contribution is 2.14. The number of Topliss-reactive ketones (excluding diaryl/α,β-unsaturated/α-hetero) is 1. The van der Waals surface area contributed by atoms with Crippen molar-refractivity contribution in [2.24, 2.45) is 5.92 Å². The van der Waals surface area contributed by atoms with Crippen LogP contribution < -0.4 is 10.6 Å². The summed E-state index contributed by atoms with van der Waals surface area (Å²) >= 11 is 0. The first-order chi connectivity index (χ1) is 6.34. The maximum atomic E-state index is 11.6. The minimum atomic E-state index is 0.345. The maximum Gasteiger partial charge on any atom is 0.136 e. The Balaban J connectivity index is 2.13. The molecule has 0 aromatic heterocycles. The molecule has 0 radical (unpaired) electrons. The number of carbonyl (C=O) groups excluding carboxylic acids is 1. The van der Waals surface area contributed by atoms with Gasteiger partial charge in [0, 0.05) is 12.3 Å². The van der Waals surface area contributed by atoms with Gasteiger partial charge in [-0.2, -0.15) is 0 Å². The number of carbonyl (C=O) groups is 1. The van der Waals surface area contributed by atoms with Crippen molar-refractivity contribution < 1.29 is 4.79 Å². The molecule has 2 N–H and O–H groups in total. The fourth-order valence-electron chi connectivity index (χ4n) is 1.79. The predicted octanol–water partition coefficient (Wildman–Crippen LogP) is 0.555. The number of hydrogen-bond acceptors (Lipinski definition) is 3. The molecule has 0 saturated carbocycles. The van der Waals surface area contributed by atoms with Gasteiger partial charge in [-0.1, -0.05) is 0 Å². The van der Waals surface area contributed by atoms with E-state index in [-0.39, 0.29) is 0 Å². The maximum absolute atomic E-state index is 11.6. The van der Waals surface area contributed by atoms with Gasteiger partial charge >= 0.3 is 0 Å². The number of rotatable bonds is 5. The molecule has 0 spiro atoms. The predicted molar refractivity (Wildman–Crippen MR) is 53.8 cm³/mol. The first kappa shape index (κ1) is 10.7. The number of nitrogens with one attached hydrogen (secondary N) is 2. The molecule has 76 valence electrons. The van der Waals surface area contributed by atoms with E-state index >= 15 is 0 Å². The van der Waals surface area contributed by atoms with Crippen LogP contribution in [0.25, 0.3) is 0 Å². The standard InChI is InChI=1S/C10H20N2O/c1-11-6-2-3-10(13)9-4-7-12-8-5-9/h9,11-12H,2-8H2,1H3. The van der Waals surface area contributed by atoms with Gasteiger partial charge in [0.1, 0.15) is 5.78 Å². The third kappa shape index (κ3) is 3.87. The quantitative estimate of drug-likeness (QED) is 0.613. The van der Waals surface area contributed by atoms with Gasteiger partial charge in [0.2, 0.25) is 0 Å². The summed E-state index contributed by atoms with van der Waals surface area (Å²) in [6.45, 7) is 2.99. The van der Waals surface area contributed by atoms with Crippen molar-refractivity contribution in [2.75, 3.05) is 26.7 Å². The molecular weight excluding hydrogens is 164 g/mol. The Labute approximate surface area is 80.3 Å². The summed E-state index contributed by atoms with van der Waals surface area (Å²) in [5.74, 6) is 0.815. The van der Waals surface area contributed by atoms with E-state index in [0.29, 0.717) is 11.7 Å². The number of ketones is 1. The highest BCUT2D eigenvalue weighted by molar-refractivity contribution is 5.81. The Morgan fingerprint density at radius 1 is 1.46 bits per heavy atom. The molecule has 3 nitrogen and oxygen atoms in total. The van der Waals surface area contributed by atoms with Crippen LogP contribution in [-0.2, 0) is 4.79 Å². The van der Waals surface area contributed by atoms with Gasteiger partial charge in [0.15, 0.2) is 0 Å². The molecule has 0 amide bonds. The van der Waals surface area contributed by atoms with Crippen LogP contribution in [0.15, 0.2) is 0 Å². The highest BCUT2D eigenvalue weighted by Gasteiger charge is 2.19. The van der Waals surface area contributed by atoms with E-state index in [9.17, 15) is 4.79 Å². The molecule has 1 aliphatic heterocycles. The third-order valence-corrected chi connectivity index (χ3v) is 2.64. The van der Waals surface area contributed by atoms with E-state index in [4.69, 9.17) is 0 Å². The lowest BCUT2D eigenvalue weighted by molar-refractivity contribution is -0.123. The lowest BCUT2D eigenvalue weighted by atomic mass is 9.91. The third-order valence-electron chi connectivity index (χ3n) is 2.64. The highest BCUT2D eigenvalue weighted by atomic mass is 16.1. The zero-order valence-corrected chi connectivity index (χ0v) is 8.44. The lowest BCUT2D eigenvalue weighted by Gasteiger charge is -2.21. The minimum absolute atomic E-state index is 0.345. The molecule has 0 atom stereocenters. The summed E-state index contributed by atoms with van der Waals surface area (Å²) in [7, 11) is 1.93. The van der Waals surface area contributed by atoms with E-state index in [1.165, 1.54) is 0 Å². The molecule has 1 fully saturated rings. The first-order valence-corrected chi connectivity index (χ1v) is 5.22. The van der Waals surface area contributed by atoms with Crippen LogP contribution in [0.1, 0.15) is 25.7 Å². The normalized spacial score (nSPS) is 18.8. The van der Waals surface area contributed by atoms with Crippen LogP contribution in [0.2, 0.25) is 0 Å². The molecule has 1 saturated heterocycles. The van der Waals surface area contributed by atoms with Gasteiger partial charge in [-0.15, -0.1) is 0 Å². The van der Waals surface area contributed by atoms with E-state index in [0.717, 1.165) is 45.3 Å². The summed E-state index contributed by atoms with van der Waals surface area (Å²) in [5, 5.41) is 6.33. The Morgan fingerprint density at radius 2 is 2.15 bits per heavy atom. The lowest BCUT2D eigenvalue weighted by Crippen LogP contribution is -2.32. The zero-order chi connectivity index (χ0) is 9.52. The Kier molecular flexibility index (Phi) is 5.01. The summed E-state index contributed by atoms with van der Waals surface area (Å²) in [4.78, 5) is 11.6. The van der Waals surface area contributed by atoms with Crippen molar-refractivity contribution in [1.29, 1.82) is 0 Å². The molecule has 3 heteroatoms. The molecule has 1 rings (SSSR count). The molecule has 0 aliphatic carbocycles. The van der Waals surface area contributed by atoms with Crippen LogP contribution in [-0.4, -0.2) is 32.5 Å². The van der Waals surface area contributed by atoms with Crippen molar-refractivity contribution in [3.05, 3.63) is 0 Å². The summed E-state index contributed by atoms with van der Waals surface area (Å²) < 4.78 is 0. The van der Waals surface area contributed by atoms with Gasteiger partial charge in [0.05, 0.1) is 0 Å². The monoisotopic (exact) mass is 184 g/mol. The minimum Gasteiger partial charge on any atom is -0.320 e. The molecule has 0 bridgehead atoms. The Bertz CT molecular complexity index is 153. The summed E-state index contributed by atoms with van der Waals surface area (Å²) in [5.41, 5.74) is 0. The first-order valence-electron chi connectivity index (χ1n) is 5.22. The Hall–Kier alpha value is -0.410. The molecule has 1 heterocycles. The van der Waals surface area contributed by atoms with Gasteiger partial charge in [-0.3, -0.25) is 4.79 Å². The molecule has 13 heavy (non-hydrogen) atoms. The van der Waals surface area contributed by atoms with Crippen molar-refractivity contribution in [2.45, 2.75) is 25.7 Å². The van der Waals surface area contributed by atoms with Crippen molar-refractivity contribution >= 4 is 5.78 Å². The zero-order valence-electron chi connectivity index (χ0n) is 8.44. The van der Waals surface area contributed by atoms with Crippen LogP contribution in [0.3, 0.4) is 0 Å². The van der Waals surface area contributed by atoms with Gasteiger partial charge in [-0.25, -0.2) is 0 Å². The van der Waals surface area contributed by atoms with Gasteiger partial charge < -0.3 is 10.6 Å². The van der Waals surface area contributed by atoms with Crippen LogP contribution in [0, 0.1) is 5.92 Å². The topological polar surface area (TPSA) is 41.1 Å². The van der Waals surface area contributed by atoms with Crippen molar-refractivity contribution in [3.8, 4) is 0 Å². The average molecular weight is 184 g/mol. The Morgan fingerprint density at radius 3 is 2.77 bits per heavy atom. The second kappa shape index (κ2) is 6.11. The average Bonchev–Trinajstić information content (AvgIpc) is 2.19. The second-order valence-electron chi connectivity index (χ2n) is 3.70. The number of hydrogen-bond donors (Lipinski definition) is 2. The molecular formula is C10H20N2O. The van der Waals surface area contributed by atoms with Gasteiger partial charge in [0.25, 0.3) is 0 Å². The van der Waals surface area contributed by atoms with Crippen LogP contribution in [0.4, 0.5) is 0 Å². The summed E-state index contributed by atoms with van der Waals surface area (Å²) in [6, 6.07) is 0. The molecule has 1 aliphatic rings. The smallest absolute Gasteiger partial charge is 0.136 e. The van der Waals surface area contributed by atoms with Crippen LogP contribution >= 0.6 is 0 Å². The van der Waals surface area contributed by atoms with E-state index in [1.807, 2.05) is 7.05 Å². The van der Waals surface area contributed by atoms with Crippen molar-refractivity contribution in [1.82, 2.24) is 10.6 Å². The number of piperidine rings is 1. The van der Waals surface area contributed by atoms with Crippen molar-refractivity contribution in [3.63, 3.8) is 0 Å². The second-order valence-corrected chi connectivity index (χ2v) is 3.70. The summed E-state index contributed by atoms with van der Waals surface area (Å²) in [6.07, 6.45) is 3.82. The van der Waals surface area contributed by atoms with Crippen LogP contribution in [0.5, 0.6) is 0 Å². The van der Waals surface area contributed by atoms with E-state index < -0.39 is 0 Å². The molecule has 0 aromatic rings.